The smallest absolute Gasteiger partial charge is 0.170 e. The van der Waals surface area contributed by atoms with E-state index in [0.717, 1.165) is 47.3 Å². The first-order valence-corrected chi connectivity index (χ1v) is 13.9. The molecule has 10 heteroatoms. The van der Waals surface area contributed by atoms with Crippen molar-refractivity contribution < 1.29 is 9.47 Å². The summed E-state index contributed by atoms with van der Waals surface area (Å²) in [5.74, 6) is 3.64. The Labute approximate surface area is 234 Å². The lowest BCUT2D eigenvalue weighted by Crippen LogP contribution is -2.36. The van der Waals surface area contributed by atoms with Crippen LogP contribution in [0.1, 0.15) is 0 Å². The Hall–Kier alpha value is -4.80. The number of thiophene rings is 1. The number of fused-ring (bicyclic) bond motifs is 1. The molecule has 0 radical (unpaired) electrons. The minimum absolute atomic E-state index is 0.567. The van der Waals surface area contributed by atoms with Crippen LogP contribution in [0.15, 0.2) is 96.1 Å². The molecule has 0 spiro atoms. The van der Waals surface area contributed by atoms with Crippen LogP contribution in [0.3, 0.4) is 0 Å². The highest BCUT2D eigenvalue weighted by atomic mass is 32.1. The normalized spacial score (nSPS) is 13.4. The third-order valence-corrected chi connectivity index (χ3v) is 7.29. The van der Waals surface area contributed by atoms with Gasteiger partial charge in [-0.1, -0.05) is 18.2 Å². The minimum atomic E-state index is 0.567. The lowest BCUT2D eigenvalue weighted by atomic mass is 10.2. The molecule has 2 aromatic carbocycles. The lowest BCUT2D eigenvalue weighted by molar-refractivity contribution is 0.122. The highest BCUT2D eigenvalue weighted by molar-refractivity contribution is 7.08. The Kier molecular flexibility index (Phi) is 6.52. The summed E-state index contributed by atoms with van der Waals surface area (Å²) in [6.45, 7) is 3.09. The average Bonchev–Trinajstić information content (AvgIpc) is 3.70. The van der Waals surface area contributed by atoms with Crippen LogP contribution in [0.25, 0.3) is 28.2 Å². The maximum absolute atomic E-state index is 5.94. The molecule has 1 saturated heterocycles. The zero-order valence-electron chi connectivity index (χ0n) is 21.5. The number of imidazole rings is 1. The fourth-order valence-electron chi connectivity index (χ4n) is 4.57. The van der Waals surface area contributed by atoms with Crippen molar-refractivity contribution in [3.05, 3.63) is 96.1 Å². The maximum atomic E-state index is 5.94. The molecule has 0 saturated carbocycles. The van der Waals surface area contributed by atoms with Crippen molar-refractivity contribution in [3.8, 4) is 28.6 Å². The number of nitrogens with zero attached hydrogens (tertiary/aromatic N) is 6. The Morgan fingerprint density at radius 1 is 0.850 bits per heavy atom. The molecule has 1 fully saturated rings. The standard InChI is InChI=1S/C30H25N7O2S/c1-2-4-24(5-3-1)39-25-9-7-22(8-10-25)33-29-27-30(37(20-32-27)23-12-17-40-19-23)35-28(34-29)21-6-11-26(31-18-21)36-13-15-38-16-14-36/h1-12,17-20H,13-16H2,(H,33,34,35). The van der Waals surface area contributed by atoms with Gasteiger partial charge in [0.2, 0.25) is 0 Å². The van der Waals surface area contributed by atoms with E-state index >= 15 is 0 Å². The second kappa shape index (κ2) is 10.8. The zero-order valence-corrected chi connectivity index (χ0v) is 22.3. The number of anilines is 3. The molecule has 0 bridgehead atoms. The number of morpholine rings is 1. The molecule has 1 aliphatic heterocycles. The Bertz CT molecular complexity index is 1710. The summed E-state index contributed by atoms with van der Waals surface area (Å²) in [6, 6.07) is 23.6. The SMILES string of the molecule is c1ccc(Oc2ccc(Nc3nc(-c4ccc(N5CCOCC5)nc4)nc4c3ncn4-c3ccsc3)cc2)cc1. The van der Waals surface area contributed by atoms with Gasteiger partial charge in [-0.3, -0.25) is 4.57 Å². The summed E-state index contributed by atoms with van der Waals surface area (Å²) < 4.78 is 13.4. The quantitative estimate of drug-likeness (QED) is 0.249. The molecule has 0 amide bonds. The van der Waals surface area contributed by atoms with Crippen LogP contribution in [-0.2, 0) is 4.74 Å². The van der Waals surface area contributed by atoms with E-state index in [2.05, 4.69) is 20.6 Å². The minimum Gasteiger partial charge on any atom is -0.457 e. The third-order valence-electron chi connectivity index (χ3n) is 6.62. The molecule has 1 aliphatic rings. The molecule has 4 aromatic heterocycles. The largest absolute Gasteiger partial charge is 0.457 e. The van der Waals surface area contributed by atoms with E-state index in [9.17, 15) is 0 Å². The molecule has 5 heterocycles. The van der Waals surface area contributed by atoms with Crippen LogP contribution in [0.2, 0.25) is 0 Å². The fourth-order valence-corrected chi connectivity index (χ4v) is 5.19. The summed E-state index contributed by atoms with van der Waals surface area (Å²) in [5.41, 5.74) is 4.08. The van der Waals surface area contributed by atoms with Crippen molar-refractivity contribution in [2.75, 3.05) is 36.5 Å². The van der Waals surface area contributed by atoms with Gasteiger partial charge in [0.25, 0.3) is 0 Å². The number of nitrogens with one attached hydrogen (secondary N) is 1. The van der Waals surface area contributed by atoms with Crippen LogP contribution in [-0.4, -0.2) is 50.8 Å². The number of pyridine rings is 1. The van der Waals surface area contributed by atoms with Crippen LogP contribution in [0, 0.1) is 0 Å². The lowest BCUT2D eigenvalue weighted by Gasteiger charge is -2.27. The van der Waals surface area contributed by atoms with Crippen molar-refractivity contribution in [3.63, 3.8) is 0 Å². The number of hydrogen-bond donors (Lipinski definition) is 1. The summed E-state index contributed by atoms with van der Waals surface area (Å²) in [4.78, 5) is 21.4. The first-order chi connectivity index (χ1) is 19.8. The molecule has 7 rings (SSSR count). The Morgan fingerprint density at radius 2 is 1.68 bits per heavy atom. The monoisotopic (exact) mass is 547 g/mol. The summed E-state index contributed by atoms with van der Waals surface area (Å²) in [6.07, 6.45) is 3.61. The molecule has 198 valence electrons. The van der Waals surface area contributed by atoms with E-state index in [4.69, 9.17) is 24.4 Å². The van der Waals surface area contributed by atoms with Gasteiger partial charge in [-0.15, -0.1) is 0 Å². The van der Waals surface area contributed by atoms with Crippen LogP contribution in [0.5, 0.6) is 11.5 Å². The Morgan fingerprint density at radius 3 is 2.42 bits per heavy atom. The number of hydrogen-bond acceptors (Lipinski definition) is 9. The van der Waals surface area contributed by atoms with Gasteiger partial charge in [-0.05, 0) is 60.0 Å². The molecule has 9 nitrogen and oxygen atoms in total. The molecule has 0 unspecified atom stereocenters. The number of para-hydroxylation sites is 1. The van der Waals surface area contributed by atoms with Crippen LogP contribution < -0.4 is 15.0 Å². The predicted octanol–water partition coefficient (Wildman–Crippen LogP) is 6.31. The van der Waals surface area contributed by atoms with Gasteiger partial charge < -0.3 is 19.7 Å². The molecule has 0 atom stereocenters. The second-order valence-corrected chi connectivity index (χ2v) is 10.0. The summed E-state index contributed by atoms with van der Waals surface area (Å²) >= 11 is 1.63. The first-order valence-electron chi connectivity index (χ1n) is 13.0. The summed E-state index contributed by atoms with van der Waals surface area (Å²) in [7, 11) is 0. The number of rotatable bonds is 7. The predicted molar refractivity (Wildman–Crippen MR) is 157 cm³/mol. The highest BCUT2D eigenvalue weighted by Gasteiger charge is 2.18. The van der Waals surface area contributed by atoms with Gasteiger partial charge >= 0.3 is 0 Å². The topological polar surface area (TPSA) is 90.2 Å². The van der Waals surface area contributed by atoms with Gasteiger partial charge in [0, 0.05) is 35.9 Å². The van der Waals surface area contributed by atoms with E-state index in [-0.39, 0.29) is 0 Å². The molecular weight excluding hydrogens is 522 g/mol. The van der Waals surface area contributed by atoms with E-state index in [0.29, 0.717) is 36.0 Å². The highest BCUT2D eigenvalue weighted by Crippen LogP contribution is 2.30. The van der Waals surface area contributed by atoms with Crippen LogP contribution >= 0.6 is 11.3 Å². The average molecular weight is 548 g/mol. The zero-order chi connectivity index (χ0) is 26.7. The number of aromatic nitrogens is 5. The van der Waals surface area contributed by atoms with Gasteiger partial charge in [-0.25, -0.2) is 19.9 Å². The molecular formula is C30H25N7O2S. The maximum Gasteiger partial charge on any atom is 0.170 e. The van der Waals surface area contributed by atoms with Crippen molar-refractivity contribution in [2.24, 2.45) is 0 Å². The van der Waals surface area contributed by atoms with E-state index in [1.54, 1.807) is 17.7 Å². The van der Waals surface area contributed by atoms with Crippen molar-refractivity contribution in [1.29, 1.82) is 0 Å². The van der Waals surface area contributed by atoms with E-state index < -0.39 is 0 Å². The van der Waals surface area contributed by atoms with Gasteiger partial charge in [0.15, 0.2) is 22.8 Å². The summed E-state index contributed by atoms with van der Waals surface area (Å²) in [5, 5.41) is 7.55. The van der Waals surface area contributed by atoms with E-state index in [1.165, 1.54) is 0 Å². The fraction of sp³-hybridized carbons (Fsp3) is 0.133. The third kappa shape index (κ3) is 4.97. The molecule has 1 N–H and O–H groups in total. The van der Waals surface area contributed by atoms with Gasteiger partial charge in [-0.2, -0.15) is 11.3 Å². The first kappa shape index (κ1) is 24.3. The van der Waals surface area contributed by atoms with E-state index in [1.807, 2.05) is 88.9 Å². The van der Waals surface area contributed by atoms with Crippen molar-refractivity contribution in [2.45, 2.75) is 0 Å². The second-order valence-electron chi connectivity index (χ2n) is 9.23. The molecule has 6 aromatic rings. The Balaban J connectivity index is 1.22. The van der Waals surface area contributed by atoms with Crippen molar-refractivity contribution >= 4 is 39.8 Å². The van der Waals surface area contributed by atoms with Gasteiger partial charge in [0.05, 0.1) is 18.9 Å². The number of benzene rings is 2. The van der Waals surface area contributed by atoms with Crippen molar-refractivity contribution in [1.82, 2.24) is 24.5 Å². The van der Waals surface area contributed by atoms with Gasteiger partial charge in [0.1, 0.15) is 23.6 Å². The molecule has 0 aliphatic carbocycles. The number of ether oxygens (including phenoxy) is 2. The molecule has 40 heavy (non-hydrogen) atoms. The van der Waals surface area contributed by atoms with Crippen LogP contribution in [0.4, 0.5) is 17.3 Å².